The van der Waals surface area contributed by atoms with Crippen LogP contribution >= 0.6 is 0 Å². The second-order valence-electron chi connectivity index (χ2n) is 7.86. The van der Waals surface area contributed by atoms with Crippen LogP contribution in [0.25, 0.3) is 5.57 Å². The second-order valence-corrected chi connectivity index (χ2v) is 9.73. The zero-order valence-corrected chi connectivity index (χ0v) is 16.8. The summed E-state index contributed by atoms with van der Waals surface area (Å²) in [4.78, 5) is 0.299. The molecule has 2 aromatic rings. The Morgan fingerprint density at radius 1 is 1.07 bits per heavy atom. The summed E-state index contributed by atoms with van der Waals surface area (Å²) >= 11 is 0. The van der Waals surface area contributed by atoms with Gasteiger partial charge in [0.05, 0.1) is 22.2 Å². The number of sulfonamides is 1. The first kappa shape index (κ1) is 17.8. The molecule has 138 valence electrons. The standard InChI is InChI=1S/C22H22N2O2S/c1-14-5-8-17(9-6-14)27(25,26)24-12-11-18-15(2)22(3,4)21-16(13-23)7-10-19(24)20(18)21/h5-10H,11-12H2,1-4H3. The SMILES string of the molecule is CC1=C2CCN(S(=O)(=O)c3ccc(C)cc3)c3ccc(C#N)c(c32)C1(C)C. The Morgan fingerprint density at radius 3 is 2.37 bits per heavy atom. The highest BCUT2D eigenvalue weighted by molar-refractivity contribution is 7.92. The van der Waals surface area contributed by atoms with E-state index in [9.17, 15) is 13.7 Å². The smallest absolute Gasteiger partial charge is 0.264 e. The number of allylic oxidation sites excluding steroid dienone is 1. The third kappa shape index (κ3) is 2.36. The van der Waals surface area contributed by atoms with Crippen molar-refractivity contribution in [1.82, 2.24) is 0 Å². The van der Waals surface area contributed by atoms with Gasteiger partial charge in [0.25, 0.3) is 10.0 Å². The lowest BCUT2D eigenvalue weighted by atomic mass is 9.79. The predicted octanol–water partition coefficient (Wildman–Crippen LogP) is 4.53. The predicted molar refractivity (Wildman–Crippen MR) is 107 cm³/mol. The van der Waals surface area contributed by atoms with E-state index in [2.05, 4.69) is 26.8 Å². The van der Waals surface area contributed by atoms with Crippen molar-refractivity contribution in [2.75, 3.05) is 10.8 Å². The van der Waals surface area contributed by atoms with Crippen LogP contribution in [0.2, 0.25) is 0 Å². The average Bonchev–Trinajstić information content (AvgIpc) is 2.85. The van der Waals surface area contributed by atoms with Gasteiger partial charge in [-0.1, -0.05) is 37.1 Å². The normalized spacial score (nSPS) is 17.7. The number of benzene rings is 2. The van der Waals surface area contributed by atoms with Gasteiger partial charge in [-0.2, -0.15) is 5.26 Å². The fraction of sp³-hybridized carbons (Fsp3) is 0.318. The number of hydrogen-bond donors (Lipinski definition) is 0. The molecular weight excluding hydrogens is 356 g/mol. The van der Waals surface area contributed by atoms with Gasteiger partial charge in [0.15, 0.2) is 0 Å². The van der Waals surface area contributed by atoms with Crippen molar-refractivity contribution >= 4 is 21.3 Å². The maximum absolute atomic E-state index is 13.3. The molecule has 4 rings (SSSR count). The fourth-order valence-electron chi connectivity index (χ4n) is 4.33. The summed E-state index contributed by atoms with van der Waals surface area (Å²) in [5.74, 6) is 0. The maximum atomic E-state index is 13.3. The highest BCUT2D eigenvalue weighted by Crippen LogP contribution is 2.54. The summed E-state index contributed by atoms with van der Waals surface area (Å²) in [6.07, 6.45) is 0.662. The molecule has 5 heteroatoms. The van der Waals surface area contributed by atoms with Crippen molar-refractivity contribution in [3.8, 4) is 6.07 Å². The number of rotatable bonds is 2. The van der Waals surface area contributed by atoms with Crippen LogP contribution in [0.1, 0.15) is 49.4 Å². The molecule has 0 atom stereocenters. The van der Waals surface area contributed by atoms with Crippen LogP contribution in [0.5, 0.6) is 0 Å². The van der Waals surface area contributed by atoms with E-state index in [4.69, 9.17) is 0 Å². The molecule has 27 heavy (non-hydrogen) atoms. The minimum Gasteiger partial charge on any atom is -0.265 e. The first-order valence-electron chi connectivity index (χ1n) is 9.07. The summed E-state index contributed by atoms with van der Waals surface area (Å²) in [7, 11) is -3.65. The Kier molecular flexibility index (Phi) is 3.77. The van der Waals surface area contributed by atoms with E-state index < -0.39 is 10.0 Å². The third-order valence-corrected chi connectivity index (χ3v) is 7.89. The second kappa shape index (κ2) is 5.71. The van der Waals surface area contributed by atoms with Crippen molar-refractivity contribution in [2.24, 2.45) is 0 Å². The van der Waals surface area contributed by atoms with E-state index in [1.807, 2.05) is 19.1 Å². The van der Waals surface area contributed by atoms with Crippen LogP contribution in [0.15, 0.2) is 46.9 Å². The maximum Gasteiger partial charge on any atom is 0.264 e. The molecule has 0 N–H and O–H groups in total. The lowest BCUT2D eigenvalue weighted by Crippen LogP contribution is -2.35. The van der Waals surface area contributed by atoms with Gasteiger partial charge in [0.2, 0.25) is 0 Å². The van der Waals surface area contributed by atoms with Gasteiger partial charge in [-0.15, -0.1) is 0 Å². The molecule has 0 aromatic heterocycles. The van der Waals surface area contributed by atoms with Crippen LogP contribution in [-0.4, -0.2) is 15.0 Å². The van der Waals surface area contributed by atoms with Crippen LogP contribution < -0.4 is 4.31 Å². The number of anilines is 1. The zero-order chi connectivity index (χ0) is 19.6. The van der Waals surface area contributed by atoms with Crippen molar-refractivity contribution in [1.29, 1.82) is 5.26 Å². The van der Waals surface area contributed by atoms with Crippen LogP contribution in [-0.2, 0) is 15.4 Å². The highest BCUT2D eigenvalue weighted by Gasteiger charge is 2.43. The largest absolute Gasteiger partial charge is 0.265 e. The molecular formula is C22H22N2O2S. The van der Waals surface area contributed by atoms with Crippen molar-refractivity contribution in [3.63, 3.8) is 0 Å². The number of nitrogens with zero attached hydrogens (tertiary/aromatic N) is 2. The molecule has 2 aliphatic rings. The van der Waals surface area contributed by atoms with Gasteiger partial charge < -0.3 is 0 Å². The lowest BCUT2D eigenvalue weighted by molar-refractivity contribution is 0.590. The van der Waals surface area contributed by atoms with Crippen molar-refractivity contribution in [3.05, 3.63) is 64.2 Å². The summed E-state index contributed by atoms with van der Waals surface area (Å²) in [5, 5.41) is 9.62. The number of hydrogen-bond acceptors (Lipinski definition) is 3. The molecule has 0 saturated carbocycles. The monoisotopic (exact) mass is 378 g/mol. The molecule has 0 saturated heterocycles. The van der Waals surface area contributed by atoms with Crippen LogP contribution in [0.4, 0.5) is 5.69 Å². The molecule has 0 bridgehead atoms. The molecule has 4 nitrogen and oxygen atoms in total. The minimum absolute atomic E-state index is 0.268. The van der Waals surface area contributed by atoms with Gasteiger partial charge in [0, 0.05) is 17.5 Å². The Balaban J connectivity index is 1.95. The van der Waals surface area contributed by atoms with Crippen LogP contribution in [0.3, 0.4) is 0 Å². The van der Waals surface area contributed by atoms with Gasteiger partial charge in [0.1, 0.15) is 0 Å². The van der Waals surface area contributed by atoms with Crippen molar-refractivity contribution in [2.45, 2.75) is 44.4 Å². The van der Waals surface area contributed by atoms with E-state index in [1.165, 1.54) is 15.5 Å². The van der Waals surface area contributed by atoms with Gasteiger partial charge in [-0.25, -0.2) is 8.42 Å². The lowest BCUT2D eigenvalue weighted by Gasteiger charge is -2.32. The molecule has 0 fully saturated rings. The van der Waals surface area contributed by atoms with Crippen molar-refractivity contribution < 1.29 is 8.42 Å². The number of nitriles is 1. The van der Waals surface area contributed by atoms with E-state index in [0.29, 0.717) is 29.1 Å². The Hall–Kier alpha value is -2.58. The molecule has 1 aliphatic carbocycles. The Bertz CT molecular complexity index is 1130. The quantitative estimate of drug-likeness (QED) is 0.771. The topological polar surface area (TPSA) is 61.2 Å². The molecule has 2 aromatic carbocycles. The molecule has 0 spiro atoms. The molecule has 0 unspecified atom stereocenters. The van der Waals surface area contributed by atoms with E-state index in [1.54, 1.807) is 24.3 Å². The minimum atomic E-state index is -3.65. The highest BCUT2D eigenvalue weighted by atomic mass is 32.2. The van der Waals surface area contributed by atoms with Gasteiger partial charge in [-0.05, 0) is 55.7 Å². The molecule has 1 heterocycles. The molecule has 1 aliphatic heterocycles. The summed E-state index contributed by atoms with van der Waals surface area (Å²) < 4.78 is 28.2. The Morgan fingerprint density at radius 2 is 1.74 bits per heavy atom. The number of aryl methyl sites for hydroxylation is 1. The first-order chi connectivity index (χ1) is 12.7. The van der Waals surface area contributed by atoms with Gasteiger partial charge in [-0.3, -0.25) is 4.31 Å². The van der Waals surface area contributed by atoms with E-state index >= 15 is 0 Å². The average molecular weight is 378 g/mol. The zero-order valence-electron chi connectivity index (χ0n) is 16.0. The summed E-state index contributed by atoms with van der Waals surface area (Å²) in [6.45, 7) is 8.68. The van der Waals surface area contributed by atoms with Crippen LogP contribution in [0, 0.1) is 18.3 Å². The van der Waals surface area contributed by atoms with E-state index in [-0.39, 0.29) is 5.41 Å². The summed E-state index contributed by atoms with van der Waals surface area (Å²) in [6, 6.07) is 12.8. The third-order valence-electron chi connectivity index (χ3n) is 6.06. The van der Waals surface area contributed by atoms with E-state index in [0.717, 1.165) is 16.7 Å². The van der Waals surface area contributed by atoms with Gasteiger partial charge >= 0.3 is 0 Å². The first-order valence-corrected chi connectivity index (χ1v) is 10.5. The molecule has 0 amide bonds. The summed E-state index contributed by atoms with van der Waals surface area (Å²) in [5.41, 5.74) is 6.39. The fourth-order valence-corrected chi connectivity index (χ4v) is 5.81. The Labute approximate surface area is 160 Å². The molecule has 0 radical (unpaired) electrons.